The van der Waals surface area contributed by atoms with Crippen LogP contribution in [-0.2, 0) is 0 Å². The first-order valence-electron chi connectivity index (χ1n) is 5.80. The van der Waals surface area contributed by atoms with Crippen LogP contribution in [0.1, 0.15) is 12.5 Å². The number of aryl methyl sites for hydroxylation is 1. The highest BCUT2D eigenvalue weighted by Gasteiger charge is 2.22. The first-order valence-corrected chi connectivity index (χ1v) is 7.23. The van der Waals surface area contributed by atoms with Gasteiger partial charge in [-0.15, -0.1) is 0 Å². The average molecular weight is 287 g/mol. The third-order valence-electron chi connectivity index (χ3n) is 3.01. The van der Waals surface area contributed by atoms with Crippen LogP contribution < -0.4 is 4.90 Å². The van der Waals surface area contributed by atoms with Gasteiger partial charge < -0.3 is 4.90 Å². The number of anilines is 1. The van der Waals surface area contributed by atoms with E-state index in [1.54, 1.807) is 6.07 Å². The first-order chi connectivity index (χ1) is 8.49. The van der Waals surface area contributed by atoms with Gasteiger partial charge in [-0.1, -0.05) is 18.5 Å². The molecular formula is C12H15ClN2O2S. The number of rotatable bonds is 2. The molecule has 0 amide bonds. The lowest BCUT2D eigenvalue weighted by molar-refractivity contribution is -0.384. The average Bonchev–Trinajstić information content (AvgIpc) is 2.27. The highest BCUT2D eigenvalue weighted by atomic mass is 35.5. The molecule has 1 atom stereocenters. The molecule has 1 aliphatic heterocycles. The van der Waals surface area contributed by atoms with Gasteiger partial charge >= 0.3 is 0 Å². The third-order valence-corrected chi connectivity index (χ3v) is 4.43. The molecular weight excluding hydrogens is 272 g/mol. The van der Waals surface area contributed by atoms with Gasteiger partial charge in [-0.3, -0.25) is 10.1 Å². The number of nitro groups is 1. The second-order valence-electron chi connectivity index (χ2n) is 4.48. The fourth-order valence-electron chi connectivity index (χ4n) is 2.25. The van der Waals surface area contributed by atoms with Crippen LogP contribution in [0.3, 0.4) is 0 Å². The van der Waals surface area contributed by atoms with Crippen LogP contribution in [0, 0.1) is 17.0 Å². The fraction of sp³-hybridized carbons (Fsp3) is 0.500. The van der Waals surface area contributed by atoms with E-state index in [4.69, 9.17) is 11.6 Å². The Bertz CT molecular complexity index is 458. The predicted molar refractivity (Wildman–Crippen MR) is 77.0 cm³/mol. The Kier molecular flexibility index (Phi) is 4.02. The maximum Gasteiger partial charge on any atom is 0.271 e. The zero-order valence-corrected chi connectivity index (χ0v) is 11.9. The van der Waals surface area contributed by atoms with Gasteiger partial charge in [-0.05, 0) is 12.5 Å². The van der Waals surface area contributed by atoms with E-state index >= 15 is 0 Å². The molecule has 2 rings (SSSR count). The van der Waals surface area contributed by atoms with Crippen molar-refractivity contribution < 1.29 is 4.92 Å². The highest BCUT2D eigenvalue weighted by Crippen LogP contribution is 2.35. The zero-order chi connectivity index (χ0) is 13.3. The van der Waals surface area contributed by atoms with Gasteiger partial charge in [-0.25, -0.2) is 0 Å². The van der Waals surface area contributed by atoms with E-state index in [1.165, 1.54) is 6.07 Å². The molecule has 0 spiro atoms. The Balaban J connectivity index is 2.36. The Morgan fingerprint density at radius 1 is 1.56 bits per heavy atom. The number of benzene rings is 1. The van der Waals surface area contributed by atoms with E-state index in [1.807, 2.05) is 18.7 Å². The van der Waals surface area contributed by atoms with Crippen LogP contribution >= 0.6 is 23.4 Å². The van der Waals surface area contributed by atoms with E-state index in [2.05, 4.69) is 11.8 Å². The van der Waals surface area contributed by atoms with E-state index in [9.17, 15) is 10.1 Å². The normalized spacial score (nSPS) is 19.9. The van der Waals surface area contributed by atoms with Crippen molar-refractivity contribution in [3.63, 3.8) is 0 Å². The summed E-state index contributed by atoms with van der Waals surface area (Å²) in [5.74, 6) is 1.06. The number of thioether (sulfide) groups is 1. The summed E-state index contributed by atoms with van der Waals surface area (Å²) in [6, 6.07) is 3.03. The number of nitrogens with zero attached hydrogens (tertiary/aromatic N) is 2. The molecule has 0 bridgehead atoms. The SMILES string of the molecule is Cc1cc([N+](=O)[O-])cc(Cl)c1N1CCSC(C)C1. The third kappa shape index (κ3) is 2.72. The monoisotopic (exact) mass is 286 g/mol. The molecule has 1 unspecified atom stereocenters. The Morgan fingerprint density at radius 2 is 2.28 bits per heavy atom. The standard InChI is InChI=1S/C12H15ClN2O2S/c1-8-5-10(15(16)17)6-11(13)12(8)14-3-4-18-9(2)7-14/h5-6,9H,3-4,7H2,1-2H3. The Labute approximate surface area is 115 Å². The van der Waals surface area contributed by atoms with Gasteiger partial charge in [-0.2, -0.15) is 11.8 Å². The van der Waals surface area contributed by atoms with Gasteiger partial charge in [0.05, 0.1) is 15.6 Å². The molecule has 0 aromatic heterocycles. The number of halogens is 1. The summed E-state index contributed by atoms with van der Waals surface area (Å²) >= 11 is 8.15. The summed E-state index contributed by atoms with van der Waals surface area (Å²) in [5, 5.41) is 11.8. The Morgan fingerprint density at radius 3 is 2.83 bits per heavy atom. The molecule has 1 fully saturated rings. The van der Waals surface area contributed by atoms with Crippen LogP contribution in [-0.4, -0.2) is 29.0 Å². The minimum absolute atomic E-state index is 0.0562. The summed E-state index contributed by atoms with van der Waals surface area (Å²) in [7, 11) is 0. The van der Waals surface area contributed by atoms with Crippen molar-refractivity contribution in [1.29, 1.82) is 0 Å². The van der Waals surface area contributed by atoms with E-state index in [0.29, 0.717) is 10.3 Å². The lowest BCUT2D eigenvalue weighted by Gasteiger charge is -2.34. The maximum absolute atomic E-state index is 10.8. The molecule has 0 saturated carbocycles. The van der Waals surface area contributed by atoms with Crippen molar-refractivity contribution >= 4 is 34.7 Å². The predicted octanol–water partition coefficient (Wildman–Crippen LogP) is 3.50. The van der Waals surface area contributed by atoms with Crippen molar-refractivity contribution in [3.05, 3.63) is 32.8 Å². The van der Waals surface area contributed by atoms with Crippen molar-refractivity contribution in [2.45, 2.75) is 19.1 Å². The molecule has 0 N–H and O–H groups in total. The lowest BCUT2D eigenvalue weighted by Crippen LogP contribution is -2.37. The summed E-state index contributed by atoms with van der Waals surface area (Å²) < 4.78 is 0. The van der Waals surface area contributed by atoms with Gasteiger partial charge in [0.2, 0.25) is 0 Å². The van der Waals surface area contributed by atoms with Gasteiger partial charge in [0.25, 0.3) is 5.69 Å². The van der Waals surface area contributed by atoms with Crippen molar-refractivity contribution in [1.82, 2.24) is 0 Å². The first kappa shape index (κ1) is 13.5. The second kappa shape index (κ2) is 5.36. The topological polar surface area (TPSA) is 46.4 Å². The molecule has 18 heavy (non-hydrogen) atoms. The number of hydrogen-bond donors (Lipinski definition) is 0. The smallest absolute Gasteiger partial charge is 0.271 e. The summed E-state index contributed by atoms with van der Waals surface area (Å²) in [4.78, 5) is 12.6. The quantitative estimate of drug-likeness (QED) is 0.617. The van der Waals surface area contributed by atoms with Crippen LogP contribution in [0.5, 0.6) is 0 Å². The summed E-state index contributed by atoms with van der Waals surface area (Å²) in [6.45, 7) is 5.93. The van der Waals surface area contributed by atoms with Crippen LogP contribution in [0.2, 0.25) is 5.02 Å². The molecule has 1 heterocycles. The zero-order valence-electron chi connectivity index (χ0n) is 10.4. The molecule has 1 aromatic rings. The van der Waals surface area contributed by atoms with Crippen LogP contribution in [0.15, 0.2) is 12.1 Å². The minimum atomic E-state index is -0.405. The molecule has 1 saturated heterocycles. The Hall–Kier alpha value is -0.940. The van der Waals surface area contributed by atoms with Gasteiger partial charge in [0.1, 0.15) is 0 Å². The molecule has 1 aliphatic rings. The number of hydrogen-bond acceptors (Lipinski definition) is 4. The number of nitro benzene ring substituents is 1. The van der Waals surface area contributed by atoms with Crippen molar-refractivity contribution in [2.75, 3.05) is 23.7 Å². The minimum Gasteiger partial charge on any atom is -0.368 e. The largest absolute Gasteiger partial charge is 0.368 e. The second-order valence-corrected chi connectivity index (χ2v) is 6.43. The summed E-state index contributed by atoms with van der Waals surface area (Å²) in [5.41, 5.74) is 1.86. The molecule has 98 valence electrons. The fourth-order valence-corrected chi connectivity index (χ4v) is 3.64. The molecule has 0 aliphatic carbocycles. The van der Waals surface area contributed by atoms with Crippen LogP contribution in [0.4, 0.5) is 11.4 Å². The van der Waals surface area contributed by atoms with Crippen LogP contribution in [0.25, 0.3) is 0 Å². The maximum atomic E-state index is 10.8. The van der Waals surface area contributed by atoms with Crippen molar-refractivity contribution in [3.8, 4) is 0 Å². The highest BCUT2D eigenvalue weighted by molar-refractivity contribution is 8.00. The molecule has 0 radical (unpaired) electrons. The van der Waals surface area contributed by atoms with E-state index < -0.39 is 4.92 Å². The summed E-state index contributed by atoms with van der Waals surface area (Å²) in [6.07, 6.45) is 0. The lowest BCUT2D eigenvalue weighted by atomic mass is 10.1. The number of non-ortho nitro benzene ring substituents is 1. The van der Waals surface area contributed by atoms with Gasteiger partial charge in [0.15, 0.2) is 0 Å². The van der Waals surface area contributed by atoms with Gasteiger partial charge in [0, 0.05) is 36.2 Å². The van der Waals surface area contributed by atoms with E-state index in [-0.39, 0.29) is 5.69 Å². The molecule has 4 nitrogen and oxygen atoms in total. The molecule has 6 heteroatoms. The van der Waals surface area contributed by atoms with E-state index in [0.717, 1.165) is 30.1 Å². The molecule has 1 aromatic carbocycles. The van der Waals surface area contributed by atoms with Crippen molar-refractivity contribution in [2.24, 2.45) is 0 Å².